The van der Waals surface area contributed by atoms with Crippen LogP contribution in [-0.2, 0) is 6.54 Å². The average molecular weight is 623 g/mol. The molecule has 6 aromatic rings. The number of nitrogen functional groups attached to an aromatic ring is 1. The van der Waals surface area contributed by atoms with Crippen LogP contribution in [0.3, 0.4) is 0 Å². The molecule has 232 valence electrons. The zero-order valence-electron chi connectivity index (χ0n) is 25.6. The minimum atomic E-state index is -0.390. The second-order valence-electron chi connectivity index (χ2n) is 12.4. The lowest BCUT2D eigenvalue weighted by Gasteiger charge is -2.25. The Morgan fingerprint density at radius 3 is 2.53 bits per heavy atom. The molecule has 10 nitrogen and oxygen atoms in total. The summed E-state index contributed by atoms with van der Waals surface area (Å²) in [6.45, 7) is 4.82. The third kappa shape index (κ3) is 5.42. The van der Waals surface area contributed by atoms with E-state index < -0.39 is 0 Å². The molecular weight excluding hydrogens is 591 g/mol. The summed E-state index contributed by atoms with van der Waals surface area (Å²) in [6.07, 6.45) is 8.63. The summed E-state index contributed by atoms with van der Waals surface area (Å²) in [5.74, 6) is 1.11. The normalized spacial score (nSPS) is 17.9. The molecule has 7 heterocycles. The molecule has 2 N–H and O–H groups in total. The number of rotatable bonds is 6. The van der Waals surface area contributed by atoms with Gasteiger partial charge in [-0.15, -0.1) is 0 Å². The van der Waals surface area contributed by atoms with E-state index in [0.717, 1.165) is 79.2 Å². The lowest BCUT2D eigenvalue weighted by atomic mass is 9.86. The van der Waals surface area contributed by atoms with Crippen molar-refractivity contribution in [3.63, 3.8) is 0 Å². The van der Waals surface area contributed by atoms with Crippen molar-refractivity contribution >= 4 is 22.5 Å². The van der Waals surface area contributed by atoms with E-state index >= 15 is 0 Å². The van der Waals surface area contributed by atoms with Gasteiger partial charge in [-0.2, -0.15) is 5.26 Å². The van der Waals surface area contributed by atoms with E-state index in [2.05, 4.69) is 69.6 Å². The predicted octanol–water partition coefficient (Wildman–Crippen LogP) is 5.63. The van der Waals surface area contributed by atoms with Crippen LogP contribution >= 0.6 is 0 Å². The molecular formula is C36H31FN10. The Morgan fingerprint density at radius 1 is 0.872 bits per heavy atom. The van der Waals surface area contributed by atoms with Crippen LogP contribution in [0.2, 0.25) is 0 Å². The van der Waals surface area contributed by atoms with Gasteiger partial charge in [0.1, 0.15) is 23.5 Å². The van der Waals surface area contributed by atoms with Gasteiger partial charge in [-0.3, -0.25) is 14.9 Å². The van der Waals surface area contributed by atoms with Crippen LogP contribution < -0.4 is 10.6 Å². The average Bonchev–Trinajstić information content (AvgIpc) is 3.82. The van der Waals surface area contributed by atoms with Gasteiger partial charge in [-0.1, -0.05) is 12.1 Å². The Bertz CT molecular complexity index is 2140. The number of aromatic nitrogens is 6. The molecule has 0 unspecified atom stereocenters. The fourth-order valence-electron chi connectivity index (χ4n) is 7.09. The molecule has 47 heavy (non-hydrogen) atoms. The molecule has 2 aliphatic rings. The molecule has 5 aromatic heterocycles. The second-order valence-corrected chi connectivity index (χ2v) is 12.4. The highest BCUT2D eigenvalue weighted by Gasteiger charge is 2.43. The van der Waals surface area contributed by atoms with Crippen molar-refractivity contribution in [2.45, 2.75) is 19.4 Å². The van der Waals surface area contributed by atoms with Crippen LogP contribution in [0.5, 0.6) is 0 Å². The Kier molecular flexibility index (Phi) is 7.07. The highest BCUT2D eigenvalue weighted by atomic mass is 19.1. The van der Waals surface area contributed by atoms with E-state index in [1.807, 2.05) is 36.5 Å². The molecule has 0 saturated carbocycles. The molecule has 8 rings (SSSR count). The van der Waals surface area contributed by atoms with Crippen LogP contribution in [0.4, 0.5) is 16.0 Å². The number of hydrogen-bond acceptors (Lipinski definition) is 9. The van der Waals surface area contributed by atoms with Crippen molar-refractivity contribution in [1.29, 1.82) is 5.26 Å². The molecule has 0 amide bonds. The lowest BCUT2D eigenvalue weighted by Crippen LogP contribution is -2.31. The minimum absolute atomic E-state index is 0.214. The number of nitriles is 1. The minimum Gasteiger partial charge on any atom is -0.383 e. The molecule has 1 aromatic carbocycles. The molecule has 2 fully saturated rings. The number of anilines is 2. The Balaban J connectivity index is 1.06. The summed E-state index contributed by atoms with van der Waals surface area (Å²) >= 11 is 0. The first-order chi connectivity index (χ1) is 23.0. The van der Waals surface area contributed by atoms with Gasteiger partial charge >= 0.3 is 0 Å². The van der Waals surface area contributed by atoms with Crippen molar-refractivity contribution in [3.8, 4) is 34.4 Å². The molecule has 0 aliphatic carbocycles. The third-order valence-corrected chi connectivity index (χ3v) is 9.41. The van der Waals surface area contributed by atoms with E-state index in [4.69, 9.17) is 5.73 Å². The van der Waals surface area contributed by atoms with E-state index in [9.17, 15) is 9.65 Å². The molecule has 2 aliphatic heterocycles. The van der Waals surface area contributed by atoms with Crippen LogP contribution in [0.1, 0.15) is 24.2 Å². The number of benzene rings is 1. The third-order valence-electron chi connectivity index (χ3n) is 9.41. The molecule has 1 spiro atoms. The first kappa shape index (κ1) is 28.7. The lowest BCUT2D eigenvalue weighted by molar-refractivity contribution is 0.270. The van der Waals surface area contributed by atoms with Gasteiger partial charge in [-0.05, 0) is 79.5 Å². The van der Waals surface area contributed by atoms with Crippen LogP contribution in [0, 0.1) is 22.6 Å². The SMILES string of the molecule is N#Cc1nccc(N2CC[C@]3(CCN(Cc4ccc(-n5c(-c6cccnc6N)cc6cnc(-c7ccc(F)cn7)cc65)cc4)C3)C2)n1. The summed E-state index contributed by atoms with van der Waals surface area (Å²) < 4.78 is 15.8. The van der Waals surface area contributed by atoms with Gasteiger partial charge in [0.05, 0.1) is 28.8 Å². The fraction of sp³-hybridized carbons (Fsp3) is 0.222. The molecule has 1 atom stereocenters. The smallest absolute Gasteiger partial charge is 0.234 e. The summed E-state index contributed by atoms with van der Waals surface area (Å²) in [5.41, 5.74) is 12.7. The van der Waals surface area contributed by atoms with E-state index in [0.29, 0.717) is 17.2 Å². The Hall–Kier alpha value is -5.73. The first-order valence-electron chi connectivity index (χ1n) is 15.6. The van der Waals surface area contributed by atoms with Gasteiger partial charge in [0.15, 0.2) is 0 Å². The quantitative estimate of drug-likeness (QED) is 0.251. The number of nitrogens with two attached hydrogens (primary N) is 1. The summed E-state index contributed by atoms with van der Waals surface area (Å²) in [4.78, 5) is 26.5. The maximum absolute atomic E-state index is 13.6. The number of nitrogens with zero attached hydrogens (tertiary/aromatic N) is 9. The van der Waals surface area contributed by atoms with Crippen molar-refractivity contribution in [2.75, 3.05) is 36.8 Å². The number of halogens is 1. The van der Waals surface area contributed by atoms with Crippen molar-refractivity contribution in [3.05, 3.63) is 109 Å². The van der Waals surface area contributed by atoms with Gasteiger partial charge in [0.2, 0.25) is 5.82 Å². The number of fused-ring (bicyclic) bond motifs is 1. The monoisotopic (exact) mass is 622 g/mol. The van der Waals surface area contributed by atoms with Gasteiger partial charge in [-0.25, -0.2) is 19.3 Å². The van der Waals surface area contributed by atoms with Crippen molar-refractivity contribution in [2.24, 2.45) is 5.41 Å². The van der Waals surface area contributed by atoms with Gasteiger partial charge in [0.25, 0.3) is 0 Å². The van der Waals surface area contributed by atoms with Gasteiger partial charge < -0.3 is 15.2 Å². The maximum Gasteiger partial charge on any atom is 0.234 e. The predicted molar refractivity (Wildman–Crippen MR) is 178 cm³/mol. The van der Waals surface area contributed by atoms with Crippen molar-refractivity contribution < 1.29 is 4.39 Å². The van der Waals surface area contributed by atoms with Crippen LogP contribution in [-0.4, -0.2) is 60.6 Å². The highest BCUT2D eigenvalue weighted by Crippen LogP contribution is 2.41. The van der Waals surface area contributed by atoms with E-state index in [-0.39, 0.29) is 17.1 Å². The highest BCUT2D eigenvalue weighted by molar-refractivity contribution is 5.92. The zero-order chi connectivity index (χ0) is 32.0. The van der Waals surface area contributed by atoms with E-state index in [1.54, 1.807) is 18.5 Å². The Labute approximate surface area is 271 Å². The number of likely N-dealkylation sites (tertiary alicyclic amines) is 1. The summed E-state index contributed by atoms with van der Waals surface area (Å²) in [7, 11) is 0. The Morgan fingerprint density at radius 2 is 1.72 bits per heavy atom. The molecule has 2 saturated heterocycles. The number of pyridine rings is 3. The van der Waals surface area contributed by atoms with Crippen LogP contribution in [0.15, 0.2) is 91.5 Å². The fourth-order valence-corrected chi connectivity index (χ4v) is 7.09. The molecule has 0 radical (unpaired) electrons. The first-order valence-corrected chi connectivity index (χ1v) is 15.6. The molecule has 0 bridgehead atoms. The van der Waals surface area contributed by atoms with Crippen LogP contribution in [0.25, 0.3) is 39.2 Å². The topological polar surface area (TPSA) is 126 Å². The largest absolute Gasteiger partial charge is 0.383 e. The standard InChI is InChI=1S/C36H31FN10/c37-26-5-8-29(43-20-26)30-17-31-25(19-42-30)16-32(28-2-1-12-41-35(28)39)47(31)27-6-3-24(4-7-27)21-45-14-10-36(22-45)11-15-46(23-36)34-9-13-40-33(18-38)44-34/h1-9,12-13,16-17,19-20H,10-11,14-15,21-23H2,(H2,39,41)/t36-/m0/s1. The summed E-state index contributed by atoms with van der Waals surface area (Å²) in [5, 5.41) is 10.2. The second kappa shape index (κ2) is 11.6. The molecule has 11 heteroatoms. The summed E-state index contributed by atoms with van der Waals surface area (Å²) in [6, 6.07) is 23.6. The maximum atomic E-state index is 13.6. The van der Waals surface area contributed by atoms with Gasteiger partial charge in [0, 0.05) is 66.8 Å². The van der Waals surface area contributed by atoms with E-state index in [1.165, 1.54) is 17.8 Å². The zero-order valence-corrected chi connectivity index (χ0v) is 25.6. The number of hydrogen-bond donors (Lipinski definition) is 1. The van der Waals surface area contributed by atoms with Crippen molar-refractivity contribution in [1.82, 2.24) is 34.4 Å².